The number of nitrogens with one attached hydrogen (secondary N) is 1. The van der Waals surface area contributed by atoms with Gasteiger partial charge in [-0.1, -0.05) is 45.2 Å². The van der Waals surface area contributed by atoms with Gasteiger partial charge in [0.05, 0.1) is 16.9 Å². The molecule has 0 saturated carbocycles. The minimum atomic E-state index is 0.609. The van der Waals surface area contributed by atoms with Gasteiger partial charge in [0, 0.05) is 22.2 Å². The van der Waals surface area contributed by atoms with Crippen LogP contribution in [0.5, 0.6) is 0 Å². The van der Waals surface area contributed by atoms with Crippen molar-refractivity contribution in [3.63, 3.8) is 0 Å². The van der Waals surface area contributed by atoms with Crippen LogP contribution in [0.1, 0.15) is 5.56 Å². The van der Waals surface area contributed by atoms with Crippen LogP contribution < -0.4 is 5.32 Å². The fraction of sp³-hybridized carbons (Fsp3) is 0.0833. The molecule has 0 unspecified atom stereocenters. The Bertz CT molecular complexity index is 532. The molecule has 2 aromatic rings. The minimum absolute atomic E-state index is 0.609. The van der Waals surface area contributed by atoms with Gasteiger partial charge in [-0.3, -0.25) is 4.98 Å². The van der Waals surface area contributed by atoms with E-state index in [-0.39, 0.29) is 0 Å². The van der Waals surface area contributed by atoms with Crippen molar-refractivity contribution in [3.8, 4) is 0 Å². The van der Waals surface area contributed by atoms with E-state index in [9.17, 15) is 0 Å². The first-order chi connectivity index (χ1) is 8.16. The van der Waals surface area contributed by atoms with Crippen LogP contribution in [0.25, 0.3) is 0 Å². The quantitative estimate of drug-likeness (QED) is 0.876. The number of aromatic nitrogens is 1. The molecule has 0 amide bonds. The predicted molar refractivity (Wildman–Crippen MR) is 75.7 cm³/mol. The molecule has 1 N–H and O–H groups in total. The standard InChI is InChI=1S/C12H9BrCl2N2/c13-9-2-1-8(11(15)5-9)6-17-12-7-16-4-3-10(12)14/h1-5,7,17H,6H2. The lowest BCUT2D eigenvalue weighted by molar-refractivity contribution is 1.14. The average molecular weight is 332 g/mol. The summed E-state index contributed by atoms with van der Waals surface area (Å²) < 4.78 is 0.964. The van der Waals surface area contributed by atoms with E-state index in [2.05, 4.69) is 26.2 Å². The Kier molecular flexibility index (Phi) is 4.26. The van der Waals surface area contributed by atoms with Crippen LogP contribution in [-0.2, 0) is 6.54 Å². The van der Waals surface area contributed by atoms with Crippen molar-refractivity contribution >= 4 is 44.8 Å². The van der Waals surface area contributed by atoms with Gasteiger partial charge in [0.2, 0.25) is 0 Å². The molecule has 0 bridgehead atoms. The van der Waals surface area contributed by atoms with Gasteiger partial charge in [-0.05, 0) is 23.8 Å². The number of nitrogens with zero attached hydrogens (tertiary/aromatic N) is 1. The van der Waals surface area contributed by atoms with Crippen LogP contribution >= 0.6 is 39.1 Å². The van der Waals surface area contributed by atoms with E-state index in [1.165, 1.54) is 0 Å². The molecule has 1 aromatic heterocycles. The Labute approximate surface area is 118 Å². The number of hydrogen-bond donors (Lipinski definition) is 1. The molecule has 1 aromatic carbocycles. The second-order valence-corrected chi connectivity index (χ2v) is 5.17. The van der Waals surface area contributed by atoms with E-state index in [1.54, 1.807) is 18.5 Å². The zero-order valence-corrected chi connectivity index (χ0v) is 11.9. The maximum atomic E-state index is 6.12. The third kappa shape index (κ3) is 3.35. The average Bonchev–Trinajstić information content (AvgIpc) is 2.30. The van der Waals surface area contributed by atoms with Crippen molar-refractivity contribution in [2.75, 3.05) is 5.32 Å². The van der Waals surface area contributed by atoms with Crippen molar-refractivity contribution in [2.45, 2.75) is 6.54 Å². The van der Waals surface area contributed by atoms with Gasteiger partial charge >= 0.3 is 0 Å². The van der Waals surface area contributed by atoms with Gasteiger partial charge in [-0.25, -0.2) is 0 Å². The number of hydrogen-bond acceptors (Lipinski definition) is 2. The van der Waals surface area contributed by atoms with Crippen LogP contribution in [0.4, 0.5) is 5.69 Å². The van der Waals surface area contributed by atoms with Crippen LogP contribution in [-0.4, -0.2) is 4.98 Å². The smallest absolute Gasteiger partial charge is 0.0718 e. The van der Waals surface area contributed by atoms with E-state index in [4.69, 9.17) is 23.2 Å². The summed E-state index contributed by atoms with van der Waals surface area (Å²) in [6, 6.07) is 7.52. The van der Waals surface area contributed by atoms with Crippen molar-refractivity contribution in [3.05, 3.63) is 56.7 Å². The Morgan fingerprint density at radius 2 is 2.00 bits per heavy atom. The predicted octanol–water partition coefficient (Wildman–Crippen LogP) is 4.76. The molecule has 0 aliphatic rings. The van der Waals surface area contributed by atoms with Crippen LogP contribution in [0.3, 0.4) is 0 Å². The van der Waals surface area contributed by atoms with E-state index in [0.29, 0.717) is 16.6 Å². The second-order valence-electron chi connectivity index (χ2n) is 3.44. The lowest BCUT2D eigenvalue weighted by Gasteiger charge is -2.09. The molecule has 2 nitrogen and oxygen atoms in total. The lowest BCUT2D eigenvalue weighted by Crippen LogP contribution is -2.00. The van der Waals surface area contributed by atoms with Crippen molar-refractivity contribution in [2.24, 2.45) is 0 Å². The summed E-state index contributed by atoms with van der Waals surface area (Å²) in [6.07, 6.45) is 3.34. The SMILES string of the molecule is Clc1cc(Br)ccc1CNc1cnccc1Cl. The summed E-state index contributed by atoms with van der Waals surface area (Å²) in [5.41, 5.74) is 1.81. The summed E-state index contributed by atoms with van der Waals surface area (Å²) in [5.74, 6) is 0. The molecule has 5 heteroatoms. The summed E-state index contributed by atoms with van der Waals surface area (Å²) in [6.45, 7) is 0.609. The second kappa shape index (κ2) is 5.71. The molecule has 0 spiro atoms. The van der Waals surface area contributed by atoms with Gasteiger partial charge in [-0.2, -0.15) is 0 Å². The molecular formula is C12H9BrCl2N2. The number of halogens is 3. The number of anilines is 1. The Balaban J connectivity index is 2.10. The molecule has 0 radical (unpaired) electrons. The summed E-state index contributed by atoms with van der Waals surface area (Å²) in [4.78, 5) is 4.01. The zero-order valence-electron chi connectivity index (χ0n) is 8.75. The third-order valence-corrected chi connectivity index (χ3v) is 3.43. The van der Waals surface area contributed by atoms with E-state index in [1.807, 2.05) is 18.2 Å². The van der Waals surface area contributed by atoms with Crippen LogP contribution in [0.2, 0.25) is 10.0 Å². The number of benzene rings is 1. The number of rotatable bonds is 3. The van der Waals surface area contributed by atoms with E-state index < -0.39 is 0 Å². The van der Waals surface area contributed by atoms with Gasteiger partial charge < -0.3 is 5.32 Å². The Morgan fingerprint density at radius 3 is 2.71 bits per heavy atom. The summed E-state index contributed by atoms with van der Waals surface area (Å²) in [5, 5.41) is 4.56. The maximum absolute atomic E-state index is 6.12. The Morgan fingerprint density at radius 1 is 1.18 bits per heavy atom. The van der Waals surface area contributed by atoms with Crippen molar-refractivity contribution < 1.29 is 0 Å². The highest BCUT2D eigenvalue weighted by Gasteiger charge is 2.03. The molecule has 17 heavy (non-hydrogen) atoms. The van der Waals surface area contributed by atoms with E-state index in [0.717, 1.165) is 15.7 Å². The first-order valence-electron chi connectivity index (χ1n) is 4.94. The molecule has 0 saturated heterocycles. The van der Waals surface area contributed by atoms with Gasteiger partial charge in [-0.15, -0.1) is 0 Å². The fourth-order valence-electron chi connectivity index (χ4n) is 1.36. The third-order valence-electron chi connectivity index (χ3n) is 2.25. The van der Waals surface area contributed by atoms with Crippen LogP contribution in [0.15, 0.2) is 41.1 Å². The van der Waals surface area contributed by atoms with Crippen molar-refractivity contribution in [1.82, 2.24) is 4.98 Å². The van der Waals surface area contributed by atoms with Crippen LogP contribution in [0, 0.1) is 0 Å². The highest BCUT2D eigenvalue weighted by molar-refractivity contribution is 9.10. The topological polar surface area (TPSA) is 24.9 Å². The molecule has 0 aliphatic carbocycles. The molecule has 0 atom stereocenters. The molecule has 1 heterocycles. The highest BCUT2D eigenvalue weighted by atomic mass is 79.9. The largest absolute Gasteiger partial charge is 0.378 e. The molecule has 0 aliphatic heterocycles. The molecule has 0 fully saturated rings. The fourth-order valence-corrected chi connectivity index (χ4v) is 2.28. The van der Waals surface area contributed by atoms with Crippen molar-refractivity contribution in [1.29, 1.82) is 0 Å². The van der Waals surface area contributed by atoms with Gasteiger partial charge in [0.1, 0.15) is 0 Å². The van der Waals surface area contributed by atoms with E-state index >= 15 is 0 Å². The molecule has 2 rings (SSSR count). The lowest BCUT2D eigenvalue weighted by atomic mass is 10.2. The molecular weight excluding hydrogens is 323 g/mol. The van der Waals surface area contributed by atoms with Gasteiger partial charge in [0.25, 0.3) is 0 Å². The first kappa shape index (κ1) is 12.7. The normalized spacial score (nSPS) is 10.3. The summed E-state index contributed by atoms with van der Waals surface area (Å²) >= 11 is 15.5. The minimum Gasteiger partial charge on any atom is -0.378 e. The molecule has 88 valence electrons. The monoisotopic (exact) mass is 330 g/mol. The first-order valence-corrected chi connectivity index (χ1v) is 6.49. The number of pyridine rings is 1. The maximum Gasteiger partial charge on any atom is 0.0718 e. The highest BCUT2D eigenvalue weighted by Crippen LogP contribution is 2.24. The van der Waals surface area contributed by atoms with Gasteiger partial charge in [0.15, 0.2) is 0 Å². The summed E-state index contributed by atoms with van der Waals surface area (Å²) in [7, 11) is 0. The Hall–Kier alpha value is -0.770. The zero-order chi connectivity index (χ0) is 12.3.